The summed E-state index contributed by atoms with van der Waals surface area (Å²) in [7, 11) is 0. The lowest BCUT2D eigenvalue weighted by Crippen LogP contribution is -2.56. The molecular formula is C22H27N5O4. The number of likely N-dealkylation sites (tertiary alicyclic amines) is 3. The summed E-state index contributed by atoms with van der Waals surface area (Å²) < 4.78 is 4.83. The Morgan fingerprint density at radius 3 is 2.77 bits per heavy atom. The number of ether oxygens (including phenoxy) is 1. The van der Waals surface area contributed by atoms with Crippen molar-refractivity contribution in [3.05, 3.63) is 29.8 Å². The van der Waals surface area contributed by atoms with E-state index >= 15 is 0 Å². The van der Waals surface area contributed by atoms with Gasteiger partial charge < -0.3 is 20.3 Å². The SMILES string of the molecule is C[C@H](c1ccc(OC=O)cc1)N1C(=O)[C@@H]2C[C@H]1CN2C[C@H](N)C(=O)N1CCC[C@H]1C#N. The van der Waals surface area contributed by atoms with Crippen molar-refractivity contribution in [3.63, 3.8) is 0 Å². The number of hydrogen-bond acceptors (Lipinski definition) is 7. The maximum absolute atomic E-state index is 13.1. The molecule has 0 spiro atoms. The second-order valence-electron chi connectivity index (χ2n) is 8.49. The molecule has 1 aromatic rings. The van der Waals surface area contributed by atoms with Crippen molar-refractivity contribution in [3.8, 4) is 11.8 Å². The molecule has 9 heteroatoms. The minimum absolute atomic E-state index is 0.0488. The molecule has 1 aromatic carbocycles. The lowest BCUT2D eigenvalue weighted by molar-refractivity contribution is -0.141. The summed E-state index contributed by atoms with van der Waals surface area (Å²) in [6.07, 6.45) is 2.23. The number of carbonyl (C=O) groups excluding carboxylic acids is 3. The van der Waals surface area contributed by atoms with Gasteiger partial charge in [0.25, 0.3) is 6.47 Å². The Balaban J connectivity index is 1.38. The zero-order chi connectivity index (χ0) is 22.1. The van der Waals surface area contributed by atoms with Crippen molar-refractivity contribution < 1.29 is 19.1 Å². The van der Waals surface area contributed by atoms with E-state index in [4.69, 9.17) is 10.5 Å². The van der Waals surface area contributed by atoms with Crippen LogP contribution in [0.25, 0.3) is 0 Å². The van der Waals surface area contributed by atoms with Gasteiger partial charge in [-0.3, -0.25) is 19.3 Å². The van der Waals surface area contributed by atoms with Crippen LogP contribution in [0, 0.1) is 11.3 Å². The third-order valence-electron chi connectivity index (χ3n) is 6.71. The van der Waals surface area contributed by atoms with Gasteiger partial charge in [0, 0.05) is 25.7 Å². The Morgan fingerprint density at radius 1 is 1.39 bits per heavy atom. The zero-order valence-corrected chi connectivity index (χ0v) is 17.5. The van der Waals surface area contributed by atoms with Crippen LogP contribution in [-0.2, 0) is 14.4 Å². The molecule has 0 saturated carbocycles. The van der Waals surface area contributed by atoms with E-state index in [-0.39, 0.29) is 29.9 Å². The van der Waals surface area contributed by atoms with Crippen molar-refractivity contribution in [2.24, 2.45) is 5.73 Å². The van der Waals surface area contributed by atoms with Gasteiger partial charge >= 0.3 is 0 Å². The molecule has 2 bridgehead atoms. The minimum atomic E-state index is -0.739. The first-order valence-corrected chi connectivity index (χ1v) is 10.7. The first kappa shape index (κ1) is 21.3. The Bertz CT molecular complexity index is 898. The van der Waals surface area contributed by atoms with E-state index in [1.54, 1.807) is 17.0 Å². The summed E-state index contributed by atoms with van der Waals surface area (Å²) in [6.45, 7) is 3.94. The zero-order valence-electron chi connectivity index (χ0n) is 17.5. The highest BCUT2D eigenvalue weighted by atomic mass is 16.5. The summed E-state index contributed by atoms with van der Waals surface area (Å²) in [5, 5.41) is 9.22. The van der Waals surface area contributed by atoms with Crippen LogP contribution in [0.4, 0.5) is 0 Å². The largest absolute Gasteiger partial charge is 0.429 e. The molecule has 5 atom stereocenters. The monoisotopic (exact) mass is 425 g/mol. The maximum atomic E-state index is 13.1. The third kappa shape index (κ3) is 3.89. The van der Waals surface area contributed by atoms with Crippen LogP contribution < -0.4 is 10.5 Å². The summed E-state index contributed by atoms with van der Waals surface area (Å²) in [5.41, 5.74) is 7.16. The second-order valence-corrected chi connectivity index (χ2v) is 8.49. The van der Waals surface area contributed by atoms with E-state index < -0.39 is 12.1 Å². The van der Waals surface area contributed by atoms with E-state index in [9.17, 15) is 19.6 Å². The third-order valence-corrected chi connectivity index (χ3v) is 6.71. The van der Waals surface area contributed by atoms with Crippen molar-refractivity contribution in [2.75, 3.05) is 19.6 Å². The van der Waals surface area contributed by atoms with Gasteiger partial charge in [-0.2, -0.15) is 5.26 Å². The van der Waals surface area contributed by atoms with E-state index in [1.165, 1.54) is 0 Å². The topological polar surface area (TPSA) is 120 Å². The summed E-state index contributed by atoms with van der Waals surface area (Å²) in [6, 6.07) is 7.87. The first-order chi connectivity index (χ1) is 14.9. The van der Waals surface area contributed by atoms with E-state index in [0.29, 0.717) is 38.3 Å². The molecule has 4 rings (SSSR count). The van der Waals surface area contributed by atoms with E-state index in [1.807, 2.05) is 28.9 Å². The van der Waals surface area contributed by atoms with Gasteiger partial charge in [0.1, 0.15) is 11.8 Å². The van der Waals surface area contributed by atoms with Crippen LogP contribution >= 0.6 is 0 Å². The smallest absolute Gasteiger partial charge is 0.298 e. The summed E-state index contributed by atoms with van der Waals surface area (Å²) in [5.74, 6) is 0.302. The molecule has 3 fully saturated rings. The number of nitrogens with zero attached hydrogens (tertiary/aromatic N) is 4. The fraction of sp³-hybridized carbons (Fsp3) is 0.545. The van der Waals surface area contributed by atoms with Gasteiger partial charge in [0.05, 0.1) is 24.2 Å². The van der Waals surface area contributed by atoms with Crippen LogP contribution in [0.5, 0.6) is 5.75 Å². The van der Waals surface area contributed by atoms with Crippen molar-refractivity contribution in [2.45, 2.75) is 56.4 Å². The number of piperazine rings is 1. The molecule has 3 saturated heterocycles. The van der Waals surface area contributed by atoms with Crippen LogP contribution in [0.15, 0.2) is 24.3 Å². The van der Waals surface area contributed by atoms with Gasteiger partial charge in [-0.15, -0.1) is 0 Å². The number of rotatable bonds is 7. The van der Waals surface area contributed by atoms with Crippen molar-refractivity contribution >= 4 is 18.3 Å². The average molecular weight is 425 g/mol. The molecule has 0 aromatic heterocycles. The fourth-order valence-corrected chi connectivity index (χ4v) is 5.15. The molecule has 0 aliphatic carbocycles. The average Bonchev–Trinajstić information content (AvgIpc) is 3.48. The van der Waals surface area contributed by atoms with E-state index in [2.05, 4.69) is 6.07 Å². The van der Waals surface area contributed by atoms with Gasteiger partial charge in [-0.25, -0.2) is 0 Å². The number of nitrogens with two attached hydrogens (primary N) is 1. The van der Waals surface area contributed by atoms with Gasteiger partial charge in [0.2, 0.25) is 11.8 Å². The lowest BCUT2D eigenvalue weighted by Gasteiger charge is -2.38. The number of hydrogen-bond donors (Lipinski definition) is 1. The molecule has 3 aliphatic rings. The predicted molar refractivity (Wildman–Crippen MR) is 110 cm³/mol. The van der Waals surface area contributed by atoms with Crippen LogP contribution in [0.3, 0.4) is 0 Å². The Labute approximate surface area is 181 Å². The van der Waals surface area contributed by atoms with Crippen LogP contribution in [-0.4, -0.2) is 76.8 Å². The highest BCUT2D eigenvalue weighted by Gasteiger charge is 2.51. The highest BCUT2D eigenvalue weighted by molar-refractivity contribution is 5.87. The fourth-order valence-electron chi connectivity index (χ4n) is 5.15. The molecule has 2 N–H and O–H groups in total. The van der Waals surface area contributed by atoms with Crippen LogP contribution in [0.1, 0.15) is 37.8 Å². The molecule has 3 aliphatic heterocycles. The maximum Gasteiger partial charge on any atom is 0.298 e. The minimum Gasteiger partial charge on any atom is -0.429 e. The van der Waals surface area contributed by atoms with Gasteiger partial charge in [-0.1, -0.05) is 12.1 Å². The molecule has 9 nitrogen and oxygen atoms in total. The molecule has 3 heterocycles. The summed E-state index contributed by atoms with van der Waals surface area (Å²) in [4.78, 5) is 41.8. The quantitative estimate of drug-likeness (QED) is 0.628. The molecular weight excluding hydrogens is 398 g/mol. The Hall–Kier alpha value is -2.96. The number of amides is 2. The predicted octanol–water partition coefficient (Wildman–Crippen LogP) is 0.410. The Morgan fingerprint density at radius 2 is 2.13 bits per heavy atom. The van der Waals surface area contributed by atoms with Gasteiger partial charge in [0.15, 0.2) is 0 Å². The van der Waals surface area contributed by atoms with Crippen LogP contribution in [0.2, 0.25) is 0 Å². The number of carbonyl (C=O) groups is 3. The number of benzene rings is 1. The van der Waals surface area contributed by atoms with E-state index in [0.717, 1.165) is 18.4 Å². The molecule has 0 unspecified atom stereocenters. The Kier molecular flexibility index (Phi) is 5.94. The number of fused-ring (bicyclic) bond motifs is 2. The van der Waals surface area contributed by atoms with Gasteiger partial charge in [-0.05, 0) is 43.9 Å². The molecule has 31 heavy (non-hydrogen) atoms. The standard InChI is InChI=1S/C22H27N5O4/c1-14(15-4-6-18(7-5-15)31-13-28)27-17-9-20(22(27)30)25(11-17)12-19(24)21(29)26-8-2-3-16(26)10-23/h4-7,13-14,16-17,19-20H,2-3,8-9,11-12,24H2,1H3/t14-,16+,17+,19+,20+/m1/s1. The molecule has 0 radical (unpaired) electrons. The molecule has 164 valence electrons. The highest BCUT2D eigenvalue weighted by Crippen LogP contribution is 2.38. The van der Waals surface area contributed by atoms with Crippen molar-refractivity contribution in [1.29, 1.82) is 5.26 Å². The summed E-state index contributed by atoms with van der Waals surface area (Å²) >= 11 is 0. The molecule has 2 amide bonds. The normalized spacial score (nSPS) is 27.3. The lowest BCUT2D eigenvalue weighted by atomic mass is 10.1. The second kappa shape index (κ2) is 8.65. The first-order valence-electron chi connectivity index (χ1n) is 10.7. The van der Waals surface area contributed by atoms with Crippen molar-refractivity contribution in [1.82, 2.24) is 14.7 Å². The number of nitriles is 1.